The summed E-state index contributed by atoms with van der Waals surface area (Å²) in [6, 6.07) is 56.0. The van der Waals surface area contributed by atoms with E-state index in [0.29, 0.717) is 0 Å². The van der Waals surface area contributed by atoms with Gasteiger partial charge < -0.3 is 9.73 Å². The molecule has 0 saturated heterocycles. The molecule has 56 heavy (non-hydrogen) atoms. The van der Waals surface area contributed by atoms with Crippen LogP contribution in [-0.4, -0.2) is 11.5 Å². The highest BCUT2D eigenvalue weighted by molar-refractivity contribution is 6.24. The van der Waals surface area contributed by atoms with Crippen LogP contribution in [0.4, 0.5) is 0 Å². The van der Waals surface area contributed by atoms with Crippen LogP contribution in [0.5, 0.6) is 0 Å². The first-order chi connectivity index (χ1) is 27.8. The van der Waals surface area contributed by atoms with Crippen molar-refractivity contribution in [2.24, 2.45) is 0 Å². The first kappa shape index (κ1) is 30.1. The van der Waals surface area contributed by atoms with Crippen molar-refractivity contribution in [2.45, 2.75) is 5.41 Å². The first-order valence-corrected chi connectivity index (χ1v) is 19.4. The van der Waals surface area contributed by atoms with E-state index in [4.69, 9.17) is 9.40 Å². The fourth-order valence-electron chi connectivity index (χ4n) is 10.6. The van der Waals surface area contributed by atoms with Gasteiger partial charge in [0, 0.05) is 40.3 Å². The average Bonchev–Trinajstić information content (AvgIpc) is 3.91. The molecule has 2 aromatic heterocycles. The van der Waals surface area contributed by atoms with Crippen LogP contribution in [0.1, 0.15) is 27.8 Å². The van der Waals surface area contributed by atoms with Crippen molar-refractivity contribution < 1.29 is 4.42 Å². The van der Waals surface area contributed by atoms with Crippen LogP contribution in [0, 0.1) is 0 Å². The van der Waals surface area contributed by atoms with E-state index in [1.165, 1.54) is 82.4 Å². The number of rotatable bonds is 2. The molecule has 1 N–H and O–H groups in total. The second-order valence-corrected chi connectivity index (χ2v) is 15.3. The summed E-state index contributed by atoms with van der Waals surface area (Å²) in [5.74, 6) is 0. The standard InChI is InChI=1S/C53H32N2O/c1-3-15-33-31(13-1)23-25-40-47(33)48-34-16-4-2-14-32(34)24-26-41(48)53(40)42-29-38(44-20-9-11-27-54-44)35-17-5-6-18-36(35)49(42)51-43(53)30-39(45-21-10-12-28-55-45)52-50(51)37-19-7-8-22-46(37)56-52/h1-26,28-30,54H,27H2. The number of fused-ring (bicyclic) bond motifs is 20. The number of hydrogen-bond acceptors (Lipinski definition) is 3. The molecular weight excluding hydrogens is 681 g/mol. The molecule has 0 unspecified atom stereocenters. The molecule has 0 bridgehead atoms. The Labute approximate surface area is 322 Å². The zero-order valence-corrected chi connectivity index (χ0v) is 30.3. The number of para-hydroxylation sites is 1. The third-order valence-electron chi connectivity index (χ3n) is 12.7. The van der Waals surface area contributed by atoms with Crippen LogP contribution in [0.2, 0.25) is 0 Å². The van der Waals surface area contributed by atoms with E-state index < -0.39 is 5.41 Å². The monoisotopic (exact) mass is 712 g/mol. The molecule has 1 aliphatic heterocycles. The summed E-state index contributed by atoms with van der Waals surface area (Å²) in [6.07, 6.45) is 8.47. The van der Waals surface area contributed by atoms with Crippen molar-refractivity contribution in [3.8, 4) is 33.5 Å². The molecule has 8 aromatic carbocycles. The zero-order valence-electron chi connectivity index (χ0n) is 30.3. The van der Waals surface area contributed by atoms with Gasteiger partial charge in [-0.3, -0.25) is 4.98 Å². The third kappa shape index (κ3) is 3.70. The van der Waals surface area contributed by atoms with Gasteiger partial charge in [-0.05, 0) is 113 Å². The summed E-state index contributed by atoms with van der Waals surface area (Å²) in [4.78, 5) is 4.97. The van der Waals surface area contributed by atoms with Crippen molar-refractivity contribution in [2.75, 3.05) is 6.54 Å². The van der Waals surface area contributed by atoms with E-state index in [2.05, 4.69) is 169 Å². The van der Waals surface area contributed by atoms with Crippen LogP contribution in [0.25, 0.3) is 93.5 Å². The van der Waals surface area contributed by atoms with Crippen LogP contribution >= 0.6 is 0 Å². The summed E-state index contributed by atoms with van der Waals surface area (Å²) in [6.45, 7) is 0.793. The molecule has 0 atom stereocenters. The van der Waals surface area contributed by atoms with Crippen molar-refractivity contribution in [1.29, 1.82) is 0 Å². The van der Waals surface area contributed by atoms with Crippen LogP contribution in [-0.2, 0) is 5.41 Å². The summed E-state index contributed by atoms with van der Waals surface area (Å²) in [7, 11) is 0. The van der Waals surface area contributed by atoms with E-state index in [-0.39, 0.29) is 0 Å². The maximum Gasteiger partial charge on any atom is 0.145 e. The minimum Gasteiger partial charge on any atom is -0.455 e. The van der Waals surface area contributed by atoms with Gasteiger partial charge in [0.1, 0.15) is 11.2 Å². The topological polar surface area (TPSA) is 38.1 Å². The highest BCUT2D eigenvalue weighted by Crippen LogP contribution is 2.68. The maximum atomic E-state index is 6.95. The van der Waals surface area contributed by atoms with Gasteiger partial charge in [-0.25, -0.2) is 0 Å². The predicted molar refractivity (Wildman–Crippen MR) is 231 cm³/mol. The van der Waals surface area contributed by atoms with Gasteiger partial charge in [-0.15, -0.1) is 0 Å². The van der Waals surface area contributed by atoms with Crippen molar-refractivity contribution in [3.05, 3.63) is 204 Å². The first-order valence-electron chi connectivity index (χ1n) is 19.4. The Morgan fingerprint density at radius 1 is 0.518 bits per heavy atom. The number of nitrogens with zero attached hydrogens (tertiary/aromatic N) is 1. The zero-order chi connectivity index (χ0) is 36.5. The number of benzene rings is 8. The van der Waals surface area contributed by atoms with E-state index in [9.17, 15) is 0 Å². The van der Waals surface area contributed by atoms with Gasteiger partial charge >= 0.3 is 0 Å². The van der Waals surface area contributed by atoms with E-state index in [0.717, 1.165) is 45.4 Å². The van der Waals surface area contributed by atoms with Crippen molar-refractivity contribution in [1.82, 2.24) is 10.3 Å². The Bertz CT molecular complexity index is 3340. The van der Waals surface area contributed by atoms with Gasteiger partial charge in [-0.2, -0.15) is 0 Å². The molecule has 0 amide bonds. The Morgan fingerprint density at radius 2 is 1.12 bits per heavy atom. The molecular formula is C53H32N2O. The number of allylic oxidation sites excluding steroid dienone is 2. The highest BCUT2D eigenvalue weighted by Gasteiger charge is 2.54. The number of nitrogens with one attached hydrogen (secondary N) is 1. The fraction of sp³-hybridized carbons (Fsp3) is 0.0377. The molecule has 10 aromatic rings. The normalized spacial score (nSPS) is 14.7. The highest BCUT2D eigenvalue weighted by atomic mass is 16.3. The van der Waals surface area contributed by atoms with Gasteiger partial charge in [-0.1, -0.05) is 133 Å². The van der Waals surface area contributed by atoms with Gasteiger partial charge in [0.05, 0.1) is 11.1 Å². The van der Waals surface area contributed by atoms with Crippen molar-refractivity contribution in [3.63, 3.8) is 0 Å². The van der Waals surface area contributed by atoms with Gasteiger partial charge in [0.2, 0.25) is 0 Å². The van der Waals surface area contributed by atoms with Crippen LogP contribution in [0.3, 0.4) is 0 Å². The number of dihydropyridines is 1. The van der Waals surface area contributed by atoms with Crippen LogP contribution in [0.15, 0.2) is 181 Å². The average molecular weight is 713 g/mol. The summed E-state index contributed by atoms with van der Waals surface area (Å²) in [5, 5.41) is 13.5. The molecule has 2 aliphatic carbocycles. The molecule has 3 heteroatoms. The maximum absolute atomic E-state index is 6.95. The Morgan fingerprint density at radius 3 is 1.82 bits per heavy atom. The minimum atomic E-state index is -0.649. The largest absolute Gasteiger partial charge is 0.455 e. The Kier molecular flexibility index (Phi) is 5.88. The molecule has 260 valence electrons. The second kappa shape index (κ2) is 10.9. The molecule has 1 spiro atoms. The molecule has 0 saturated carbocycles. The summed E-state index contributed by atoms with van der Waals surface area (Å²) >= 11 is 0. The minimum absolute atomic E-state index is 0.649. The van der Waals surface area contributed by atoms with Crippen LogP contribution < -0.4 is 5.32 Å². The molecule has 3 aliphatic rings. The quantitative estimate of drug-likeness (QED) is 0.194. The van der Waals surface area contributed by atoms with E-state index >= 15 is 0 Å². The predicted octanol–water partition coefficient (Wildman–Crippen LogP) is 13.0. The van der Waals surface area contributed by atoms with Crippen molar-refractivity contribution >= 4 is 60.0 Å². The lowest BCUT2D eigenvalue weighted by Gasteiger charge is -2.32. The number of furan rings is 1. The molecule has 3 heterocycles. The lowest BCUT2D eigenvalue weighted by molar-refractivity contribution is 0.669. The fourth-order valence-corrected chi connectivity index (χ4v) is 10.6. The molecule has 0 fully saturated rings. The smallest absolute Gasteiger partial charge is 0.145 e. The number of aromatic nitrogens is 1. The molecule has 3 nitrogen and oxygen atoms in total. The van der Waals surface area contributed by atoms with Gasteiger partial charge in [0.15, 0.2) is 0 Å². The third-order valence-corrected chi connectivity index (χ3v) is 12.7. The number of hydrogen-bond donors (Lipinski definition) is 1. The molecule has 0 radical (unpaired) electrons. The Balaban J connectivity index is 1.33. The summed E-state index contributed by atoms with van der Waals surface area (Å²) in [5.41, 5.74) is 15.7. The lowest BCUT2D eigenvalue weighted by atomic mass is 9.69. The summed E-state index contributed by atoms with van der Waals surface area (Å²) < 4.78 is 6.95. The second-order valence-electron chi connectivity index (χ2n) is 15.3. The van der Waals surface area contributed by atoms with E-state index in [1.54, 1.807) is 0 Å². The number of pyridine rings is 1. The lowest BCUT2D eigenvalue weighted by Crippen LogP contribution is -2.26. The van der Waals surface area contributed by atoms with Gasteiger partial charge in [0.25, 0.3) is 0 Å². The molecule has 13 rings (SSSR count). The van der Waals surface area contributed by atoms with E-state index in [1.807, 2.05) is 12.3 Å². The Hall–Kier alpha value is -7.23. The SMILES string of the molecule is C1=CCNC(c2cc3c(c4ccccc24)-c2c(cc(-c4ccccn4)c4oc5ccccc5c24)C32c3ccc4ccccc4c3-c3c2ccc2ccccc32)=C1.